The van der Waals surface area contributed by atoms with Crippen LogP contribution in [0.3, 0.4) is 0 Å². The van der Waals surface area contributed by atoms with E-state index in [0.29, 0.717) is 21.2 Å². The minimum atomic E-state index is 0.337. The molecule has 2 N–H and O–H groups in total. The molecule has 0 aliphatic carbocycles. The quantitative estimate of drug-likeness (QED) is 0.761. The molecule has 1 rings (SSSR count). The van der Waals surface area contributed by atoms with Crippen molar-refractivity contribution in [3.8, 4) is 5.88 Å². The summed E-state index contributed by atoms with van der Waals surface area (Å²) in [4.78, 5) is 3.94. The third-order valence-corrected chi connectivity index (χ3v) is 1.85. The number of nitrogen functional groups attached to an aromatic ring is 1. The van der Waals surface area contributed by atoms with Gasteiger partial charge in [0.2, 0.25) is 5.88 Å². The van der Waals surface area contributed by atoms with Crippen molar-refractivity contribution in [3.05, 3.63) is 15.7 Å². The standard InChI is InChI=1S/C6H6BrClN2O/c1-11-6-5(9)3(8)2-4(7)10-6/h2H,9H2,1H3. The molecule has 3 nitrogen and oxygen atoms in total. The predicted molar refractivity (Wildman–Crippen MR) is 47.9 cm³/mol. The molecular weight excluding hydrogens is 231 g/mol. The van der Waals surface area contributed by atoms with Gasteiger partial charge in [-0.3, -0.25) is 0 Å². The Balaban J connectivity index is 3.24. The van der Waals surface area contributed by atoms with Gasteiger partial charge in [0.15, 0.2) is 0 Å². The first-order chi connectivity index (χ1) is 5.15. The summed E-state index contributed by atoms with van der Waals surface area (Å²) >= 11 is 8.88. The molecule has 60 valence electrons. The number of nitrogens with two attached hydrogens (primary N) is 1. The first-order valence-corrected chi connectivity index (χ1v) is 3.97. The molecule has 0 unspecified atom stereocenters. The van der Waals surface area contributed by atoms with E-state index in [-0.39, 0.29) is 0 Å². The van der Waals surface area contributed by atoms with Crippen molar-refractivity contribution in [2.24, 2.45) is 0 Å². The largest absolute Gasteiger partial charge is 0.479 e. The smallest absolute Gasteiger partial charge is 0.239 e. The van der Waals surface area contributed by atoms with Crippen LogP contribution in [0.1, 0.15) is 0 Å². The van der Waals surface area contributed by atoms with Gasteiger partial charge in [0.1, 0.15) is 10.3 Å². The molecule has 0 saturated carbocycles. The Morgan fingerprint density at radius 1 is 1.73 bits per heavy atom. The minimum Gasteiger partial charge on any atom is -0.479 e. The highest BCUT2D eigenvalue weighted by molar-refractivity contribution is 9.10. The number of aromatic nitrogens is 1. The van der Waals surface area contributed by atoms with Crippen LogP contribution in [0.5, 0.6) is 5.88 Å². The topological polar surface area (TPSA) is 48.1 Å². The lowest BCUT2D eigenvalue weighted by Crippen LogP contribution is -1.96. The molecule has 0 aliphatic rings. The Kier molecular flexibility index (Phi) is 2.57. The van der Waals surface area contributed by atoms with Gasteiger partial charge >= 0.3 is 0 Å². The van der Waals surface area contributed by atoms with E-state index in [1.807, 2.05) is 0 Å². The SMILES string of the molecule is COc1nc(Br)cc(Cl)c1N. The average molecular weight is 237 g/mol. The molecule has 1 heterocycles. The Labute approximate surface area is 77.6 Å². The molecule has 11 heavy (non-hydrogen) atoms. The molecule has 0 aliphatic heterocycles. The van der Waals surface area contributed by atoms with Crippen molar-refractivity contribution in [3.63, 3.8) is 0 Å². The molecule has 0 amide bonds. The van der Waals surface area contributed by atoms with Gasteiger partial charge in [0.25, 0.3) is 0 Å². The Morgan fingerprint density at radius 3 is 2.91 bits per heavy atom. The van der Waals surface area contributed by atoms with E-state index in [4.69, 9.17) is 22.1 Å². The number of hydrogen-bond donors (Lipinski definition) is 1. The predicted octanol–water partition coefficient (Wildman–Crippen LogP) is 2.09. The van der Waals surface area contributed by atoms with E-state index in [9.17, 15) is 0 Å². The van der Waals surface area contributed by atoms with Gasteiger partial charge in [0.05, 0.1) is 12.1 Å². The maximum atomic E-state index is 5.72. The van der Waals surface area contributed by atoms with E-state index >= 15 is 0 Å². The Hall–Kier alpha value is -0.480. The van der Waals surface area contributed by atoms with E-state index in [1.165, 1.54) is 7.11 Å². The highest BCUT2D eigenvalue weighted by Crippen LogP contribution is 2.29. The number of pyridine rings is 1. The number of anilines is 1. The molecule has 0 saturated heterocycles. The second-order valence-electron chi connectivity index (χ2n) is 1.85. The van der Waals surface area contributed by atoms with Crippen molar-refractivity contribution in [1.29, 1.82) is 0 Å². The summed E-state index contributed by atoms with van der Waals surface area (Å²) in [7, 11) is 1.49. The molecule has 0 atom stereocenters. The summed E-state index contributed by atoms with van der Waals surface area (Å²) < 4.78 is 5.46. The second-order valence-corrected chi connectivity index (χ2v) is 3.07. The normalized spacial score (nSPS) is 9.73. The summed E-state index contributed by atoms with van der Waals surface area (Å²) in [5.74, 6) is 0.337. The Bertz CT molecular complexity index is 280. The van der Waals surface area contributed by atoms with E-state index < -0.39 is 0 Å². The van der Waals surface area contributed by atoms with Crippen molar-refractivity contribution in [2.45, 2.75) is 0 Å². The van der Waals surface area contributed by atoms with Crippen LogP contribution in [0.25, 0.3) is 0 Å². The third kappa shape index (κ3) is 1.75. The zero-order valence-corrected chi connectivity index (χ0v) is 8.11. The highest BCUT2D eigenvalue weighted by Gasteiger charge is 2.06. The van der Waals surface area contributed by atoms with Crippen LogP contribution in [-0.4, -0.2) is 12.1 Å². The van der Waals surface area contributed by atoms with E-state index in [2.05, 4.69) is 20.9 Å². The maximum absolute atomic E-state index is 5.72. The molecule has 0 spiro atoms. The van der Waals surface area contributed by atoms with Crippen LogP contribution in [0.4, 0.5) is 5.69 Å². The van der Waals surface area contributed by atoms with Crippen LogP contribution >= 0.6 is 27.5 Å². The number of halogens is 2. The van der Waals surface area contributed by atoms with E-state index in [1.54, 1.807) is 6.07 Å². The summed E-state index contributed by atoms with van der Waals surface area (Å²) in [6, 6.07) is 1.61. The molecular formula is C6H6BrClN2O. The molecule has 0 fully saturated rings. The zero-order valence-electron chi connectivity index (χ0n) is 5.77. The fourth-order valence-electron chi connectivity index (χ4n) is 0.630. The molecule has 1 aromatic heterocycles. The fourth-order valence-corrected chi connectivity index (χ4v) is 1.34. The number of hydrogen-bond acceptors (Lipinski definition) is 3. The number of methoxy groups -OCH3 is 1. The van der Waals surface area contributed by atoms with Crippen LogP contribution < -0.4 is 10.5 Å². The highest BCUT2D eigenvalue weighted by atomic mass is 79.9. The molecule has 1 aromatic rings. The minimum absolute atomic E-state index is 0.337. The van der Waals surface area contributed by atoms with Crippen LogP contribution in [0, 0.1) is 0 Å². The van der Waals surface area contributed by atoms with Crippen LogP contribution in [-0.2, 0) is 0 Å². The second kappa shape index (κ2) is 3.28. The van der Waals surface area contributed by atoms with Gasteiger partial charge in [0, 0.05) is 0 Å². The third-order valence-electron chi connectivity index (χ3n) is 1.14. The summed E-state index contributed by atoms with van der Waals surface area (Å²) in [5, 5.41) is 0.434. The first-order valence-electron chi connectivity index (χ1n) is 2.80. The van der Waals surface area contributed by atoms with Crippen molar-refractivity contribution < 1.29 is 4.74 Å². The van der Waals surface area contributed by atoms with Crippen molar-refractivity contribution in [1.82, 2.24) is 4.98 Å². The molecule has 0 radical (unpaired) electrons. The summed E-state index contributed by atoms with van der Waals surface area (Å²) in [6.07, 6.45) is 0. The molecule has 5 heteroatoms. The lowest BCUT2D eigenvalue weighted by Gasteiger charge is -2.04. The number of nitrogens with zero attached hydrogens (tertiary/aromatic N) is 1. The number of rotatable bonds is 1. The zero-order chi connectivity index (χ0) is 8.43. The van der Waals surface area contributed by atoms with Gasteiger partial charge in [-0.15, -0.1) is 0 Å². The molecule has 0 bridgehead atoms. The van der Waals surface area contributed by atoms with Crippen LogP contribution in [0.2, 0.25) is 5.02 Å². The van der Waals surface area contributed by atoms with Crippen molar-refractivity contribution >= 4 is 33.2 Å². The van der Waals surface area contributed by atoms with E-state index in [0.717, 1.165) is 0 Å². The summed E-state index contributed by atoms with van der Waals surface area (Å²) in [5.41, 5.74) is 5.88. The number of ether oxygens (including phenoxy) is 1. The molecule has 0 aromatic carbocycles. The maximum Gasteiger partial charge on any atom is 0.239 e. The van der Waals surface area contributed by atoms with Gasteiger partial charge in [-0.1, -0.05) is 11.6 Å². The monoisotopic (exact) mass is 236 g/mol. The average Bonchev–Trinajstić information content (AvgIpc) is 1.96. The van der Waals surface area contributed by atoms with Gasteiger partial charge < -0.3 is 10.5 Å². The summed E-state index contributed by atoms with van der Waals surface area (Å²) in [6.45, 7) is 0. The van der Waals surface area contributed by atoms with Crippen molar-refractivity contribution in [2.75, 3.05) is 12.8 Å². The van der Waals surface area contributed by atoms with Gasteiger partial charge in [-0.25, -0.2) is 4.98 Å². The lowest BCUT2D eigenvalue weighted by molar-refractivity contribution is 0.399. The van der Waals surface area contributed by atoms with Crippen LogP contribution in [0.15, 0.2) is 10.7 Å². The van der Waals surface area contributed by atoms with Gasteiger partial charge in [-0.05, 0) is 22.0 Å². The van der Waals surface area contributed by atoms with Gasteiger partial charge in [-0.2, -0.15) is 0 Å². The Morgan fingerprint density at radius 2 is 2.36 bits per heavy atom. The first kappa shape index (κ1) is 8.62. The lowest BCUT2D eigenvalue weighted by atomic mass is 10.4. The fraction of sp³-hybridized carbons (Fsp3) is 0.167.